The second-order valence-corrected chi connectivity index (χ2v) is 8.08. The number of carbonyl (C=O) groups is 1. The van der Waals surface area contributed by atoms with Gasteiger partial charge in [-0.15, -0.1) is 0 Å². The van der Waals surface area contributed by atoms with Crippen LogP contribution >= 0.6 is 12.2 Å². The highest BCUT2D eigenvalue weighted by atomic mass is 32.1. The average Bonchev–Trinajstić information content (AvgIpc) is 2.95. The van der Waals surface area contributed by atoms with Gasteiger partial charge in [0.1, 0.15) is 5.54 Å². The van der Waals surface area contributed by atoms with E-state index < -0.39 is 18.1 Å². The van der Waals surface area contributed by atoms with Crippen LogP contribution in [0.3, 0.4) is 0 Å². The minimum absolute atomic E-state index is 0.0146. The number of carbonyl (C=O) groups excluding carboxylic acids is 1. The van der Waals surface area contributed by atoms with Crippen molar-refractivity contribution in [1.82, 2.24) is 9.80 Å². The number of thiocarbonyl (C=S) groups is 1. The van der Waals surface area contributed by atoms with Crippen molar-refractivity contribution in [2.24, 2.45) is 0 Å². The van der Waals surface area contributed by atoms with Crippen LogP contribution in [-0.4, -0.2) is 32.5 Å². The van der Waals surface area contributed by atoms with Gasteiger partial charge in [-0.25, -0.2) is 0 Å². The van der Waals surface area contributed by atoms with Crippen molar-refractivity contribution in [3.05, 3.63) is 72.2 Å². The number of nitrogens with zero attached hydrogens (tertiary/aromatic N) is 3. The summed E-state index contributed by atoms with van der Waals surface area (Å²) in [5, 5.41) is 8.97. The maximum atomic E-state index is 13.5. The zero-order valence-electron chi connectivity index (χ0n) is 17.5. The fourth-order valence-corrected chi connectivity index (χ4v) is 4.37. The Kier molecular flexibility index (Phi) is 7.52. The smallest absolute Gasteiger partial charge is 0.303 e. The molecular formula is C24H24F3N3OS. The number of allylic oxidation sites excluding steroid dienone is 10. The summed E-state index contributed by atoms with van der Waals surface area (Å²) in [6.07, 6.45) is 15.3. The maximum Gasteiger partial charge on any atom is 0.392 e. The Balaban J connectivity index is 2.01. The van der Waals surface area contributed by atoms with Crippen molar-refractivity contribution in [1.29, 1.82) is 5.26 Å². The Labute approximate surface area is 191 Å². The summed E-state index contributed by atoms with van der Waals surface area (Å²) in [6, 6.07) is 1.92. The molecule has 1 amide bonds. The summed E-state index contributed by atoms with van der Waals surface area (Å²) in [5.41, 5.74) is -0.0626. The van der Waals surface area contributed by atoms with Crippen molar-refractivity contribution in [3.8, 4) is 6.07 Å². The summed E-state index contributed by atoms with van der Waals surface area (Å²) in [6.45, 7) is 0. The molecule has 0 radical (unpaired) electrons. The van der Waals surface area contributed by atoms with Gasteiger partial charge < -0.3 is 4.90 Å². The Hall–Kier alpha value is -2.92. The third-order valence-corrected chi connectivity index (χ3v) is 5.92. The first-order chi connectivity index (χ1) is 15.3. The van der Waals surface area contributed by atoms with Crippen LogP contribution < -0.4 is 0 Å². The molecule has 4 nitrogen and oxygen atoms in total. The predicted octanol–water partition coefficient (Wildman–Crippen LogP) is 5.99. The third kappa shape index (κ3) is 5.10. The monoisotopic (exact) mass is 459 g/mol. The van der Waals surface area contributed by atoms with E-state index in [1.807, 2.05) is 53.5 Å². The number of halogens is 3. The highest BCUT2D eigenvalue weighted by molar-refractivity contribution is 7.80. The van der Waals surface area contributed by atoms with Crippen LogP contribution in [0.2, 0.25) is 0 Å². The van der Waals surface area contributed by atoms with E-state index in [0.717, 1.165) is 18.2 Å². The van der Waals surface area contributed by atoms with Gasteiger partial charge in [0.25, 0.3) is 5.91 Å². The molecule has 2 fully saturated rings. The number of nitriles is 1. The molecular weight excluding hydrogens is 435 g/mol. The minimum atomic E-state index is -4.42. The molecule has 0 aromatic heterocycles. The Bertz CT molecular complexity index is 975. The Morgan fingerprint density at radius 1 is 1.22 bits per heavy atom. The topological polar surface area (TPSA) is 47.3 Å². The molecule has 3 rings (SSSR count). The number of hydrogen-bond acceptors (Lipinski definition) is 3. The van der Waals surface area contributed by atoms with Gasteiger partial charge >= 0.3 is 6.18 Å². The van der Waals surface area contributed by atoms with Crippen molar-refractivity contribution < 1.29 is 18.0 Å². The molecule has 0 unspecified atom stereocenters. The zero-order valence-corrected chi connectivity index (χ0v) is 18.3. The SMILES string of the molecule is N#CC/C=C\C(=C/CC(F)(F)F)N1C(=O)C2(CCC2)N(C2=C/C/C=C\C=C/C/C=C\2)C1=S. The van der Waals surface area contributed by atoms with Gasteiger partial charge in [-0.2, -0.15) is 18.4 Å². The third-order valence-electron chi connectivity index (χ3n) is 5.56. The molecule has 0 atom stereocenters. The molecule has 2 aliphatic carbocycles. The van der Waals surface area contributed by atoms with Crippen LogP contribution in [0.5, 0.6) is 0 Å². The summed E-state index contributed by atoms with van der Waals surface area (Å²) >= 11 is 5.67. The summed E-state index contributed by atoms with van der Waals surface area (Å²) < 4.78 is 38.8. The second kappa shape index (κ2) is 10.1. The van der Waals surface area contributed by atoms with Crippen molar-refractivity contribution in [2.75, 3.05) is 0 Å². The molecule has 1 saturated heterocycles. The average molecular weight is 460 g/mol. The molecule has 168 valence electrons. The summed E-state index contributed by atoms with van der Waals surface area (Å²) in [7, 11) is 0. The Morgan fingerprint density at radius 3 is 2.56 bits per heavy atom. The van der Waals surface area contributed by atoms with Crippen LogP contribution in [0, 0.1) is 11.3 Å². The van der Waals surface area contributed by atoms with Crippen LogP contribution in [0.15, 0.2) is 72.2 Å². The van der Waals surface area contributed by atoms with E-state index in [1.165, 1.54) is 17.1 Å². The van der Waals surface area contributed by atoms with Gasteiger partial charge in [-0.1, -0.05) is 48.6 Å². The lowest BCUT2D eigenvalue weighted by atomic mass is 9.75. The van der Waals surface area contributed by atoms with Crippen molar-refractivity contribution in [2.45, 2.75) is 56.7 Å². The highest BCUT2D eigenvalue weighted by Gasteiger charge is 2.59. The lowest BCUT2D eigenvalue weighted by molar-refractivity contribution is -0.135. The summed E-state index contributed by atoms with van der Waals surface area (Å²) in [4.78, 5) is 16.6. The van der Waals surface area contributed by atoms with Gasteiger partial charge in [0.2, 0.25) is 0 Å². The molecule has 8 heteroatoms. The fraction of sp³-hybridized carbons (Fsp3) is 0.375. The van der Waals surface area contributed by atoms with Gasteiger partial charge in [-0.05, 0) is 56.5 Å². The number of alkyl halides is 3. The van der Waals surface area contributed by atoms with Gasteiger partial charge in [0, 0.05) is 11.4 Å². The van der Waals surface area contributed by atoms with Crippen LogP contribution in [0.4, 0.5) is 13.2 Å². The molecule has 1 heterocycles. The van der Waals surface area contributed by atoms with E-state index in [-0.39, 0.29) is 23.1 Å². The molecule has 1 saturated carbocycles. The van der Waals surface area contributed by atoms with Gasteiger partial charge in [0.15, 0.2) is 5.11 Å². The molecule has 1 spiro atoms. The summed E-state index contributed by atoms with van der Waals surface area (Å²) in [5.74, 6) is -0.314. The van der Waals surface area contributed by atoms with Crippen molar-refractivity contribution >= 4 is 23.2 Å². The van der Waals surface area contributed by atoms with E-state index in [9.17, 15) is 18.0 Å². The van der Waals surface area contributed by atoms with E-state index in [1.54, 1.807) is 0 Å². The lowest BCUT2D eigenvalue weighted by Gasteiger charge is -2.43. The van der Waals surface area contributed by atoms with Gasteiger partial charge in [-0.3, -0.25) is 9.69 Å². The molecule has 32 heavy (non-hydrogen) atoms. The van der Waals surface area contributed by atoms with Crippen LogP contribution in [0.1, 0.15) is 44.9 Å². The molecule has 0 aromatic carbocycles. The molecule has 0 aromatic rings. The number of amides is 1. The second-order valence-electron chi connectivity index (χ2n) is 7.72. The predicted molar refractivity (Wildman–Crippen MR) is 121 cm³/mol. The fourth-order valence-electron chi connectivity index (χ4n) is 3.90. The molecule has 1 aliphatic heterocycles. The molecule has 0 N–H and O–H groups in total. The van der Waals surface area contributed by atoms with E-state index in [4.69, 9.17) is 17.5 Å². The van der Waals surface area contributed by atoms with Crippen LogP contribution in [0.25, 0.3) is 0 Å². The van der Waals surface area contributed by atoms with Crippen LogP contribution in [-0.2, 0) is 4.79 Å². The molecule has 0 bridgehead atoms. The standard InChI is InChI=1S/C24H24F3N3OS/c25-24(26,27)17-14-19(11-8-9-18-28)29-21(31)23(15-10-16-23)30(22(29)32)20-12-6-4-2-1-3-5-7-13-20/h1-4,7-8,11-14H,5-6,9-10,15-17H2/b3-1-,4-2-,11-8-,13-7-,19-14+,20-12+. The Morgan fingerprint density at radius 2 is 1.94 bits per heavy atom. The number of rotatable bonds is 5. The van der Waals surface area contributed by atoms with Crippen molar-refractivity contribution in [3.63, 3.8) is 0 Å². The quantitative estimate of drug-likeness (QED) is 0.374. The first kappa shape index (κ1) is 23.7. The first-order valence-electron chi connectivity index (χ1n) is 10.5. The normalized spacial score (nSPS) is 25.9. The molecule has 3 aliphatic rings. The van der Waals surface area contributed by atoms with E-state index >= 15 is 0 Å². The first-order valence-corrected chi connectivity index (χ1v) is 10.9. The minimum Gasteiger partial charge on any atom is -0.303 e. The van der Waals surface area contributed by atoms with E-state index in [0.29, 0.717) is 25.7 Å². The lowest BCUT2D eigenvalue weighted by Crippen LogP contribution is -2.54. The largest absolute Gasteiger partial charge is 0.392 e. The number of hydrogen-bond donors (Lipinski definition) is 0. The zero-order chi connectivity index (χ0) is 23.2. The highest BCUT2D eigenvalue weighted by Crippen LogP contribution is 2.47. The maximum absolute atomic E-state index is 13.5. The van der Waals surface area contributed by atoms with E-state index in [2.05, 4.69) is 0 Å². The van der Waals surface area contributed by atoms with Gasteiger partial charge in [0.05, 0.1) is 18.9 Å².